The largest absolute Gasteiger partial charge is 0.366 e. The molecule has 0 aromatic heterocycles. The standard InChI is InChI=1S/C10H12N2O2/c1-7(13)12(2)9-5-3-8(4-6-9)10(11)14/h3-6H,1-2H3,(H2,11,14). The van der Waals surface area contributed by atoms with Gasteiger partial charge in [0.05, 0.1) is 0 Å². The van der Waals surface area contributed by atoms with Gasteiger partial charge in [-0.3, -0.25) is 9.59 Å². The van der Waals surface area contributed by atoms with Crippen LogP contribution < -0.4 is 10.6 Å². The minimum atomic E-state index is -0.470. The summed E-state index contributed by atoms with van der Waals surface area (Å²) in [7, 11) is 1.67. The lowest BCUT2D eigenvalue weighted by Crippen LogP contribution is -2.22. The maximum Gasteiger partial charge on any atom is 0.248 e. The molecule has 0 aliphatic carbocycles. The van der Waals surface area contributed by atoms with E-state index in [0.717, 1.165) is 5.69 Å². The van der Waals surface area contributed by atoms with Crippen molar-refractivity contribution in [1.29, 1.82) is 0 Å². The van der Waals surface area contributed by atoms with Crippen molar-refractivity contribution < 1.29 is 9.59 Å². The molecular formula is C10H12N2O2. The van der Waals surface area contributed by atoms with Gasteiger partial charge in [0.1, 0.15) is 0 Å². The summed E-state index contributed by atoms with van der Waals surface area (Å²) in [6, 6.07) is 6.55. The fourth-order valence-corrected chi connectivity index (χ4v) is 1.03. The van der Waals surface area contributed by atoms with Crippen molar-refractivity contribution in [2.24, 2.45) is 5.73 Å². The second-order valence-corrected chi connectivity index (χ2v) is 2.99. The molecule has 0 atom stereocenters. The molecule has 0 radical (unpaired) electrons. The maximum absolute atomic E-state index is 11.0. The van der Waals surface area contributed by atoms with Gasteiger partial charge in [-0.1, -0.05) is 0 Å². The van der Waals surface area contributed by atoms with Gasteiger partial charge in [0.15, 0.2) is 0 Å². The Labute approximate surface area is 82.3 Å². The van der Waals surface area contributed by atoms with Crippen LogP contribution in [0.4, 0.5) is 5.69 Å². The molecule has 0 aliphatic rings. The highest BCUT2D eigenvalue weighted by molar-refractivity contribution is 5.94. The Morgan fingerprint density at radius 1 is 1.21 bits per heavy atom. The van der Waals surface area contributed by atoms with Crippen LogP contribution in [0.2, 0.25) is 0 Å². The smallest absolute Gasteiger partial charge is 0.248 e. The van der Waals surface area contributed by atoms with Gasteiger partial charge in [0, 0.05) is 25.2 Å². The lowest BCUT2D eigenvalue weighted by molar-refractivity contribution is -0.116. The SMILES string of the molecule is CC(=O)N(C)c1ccc(C(N)=O)cc1. The van der Waals surface area contributed by atoms with Crippen molar-refractivity contribution in [3.63, 3.8) is 0 Å². The zero-order valence-corrected chi connectivity index (χ0v) is 8.15. The molecule has 2 amide bonds. The van der Waals surface area contributed by atoms with Crippen molar-refractivity contribution in [2.75, 3.05) is 11.9 Å². The van der Waals surface area contributed by atoms with Crippen LogP contribution in [0.1, 0.15) is 17.3 Å². The monoisotopic (exact) mass is 192 g/mol. The highest BCUT2D eigenvalue weighted by Crippen LogP contribution is 2.13. The summed E-state index contributed by atoms with van der Waals surface area (Å²) in [5, 5.41) is 0. The number of primary amides is 1. The first kappa shape index (κ1) is 10.2. The molecule has 14 heavy (non-hydrogen) atoms. The maximum atomic E-state index is 11.0. The van der Waals surface area contributed by atoms with E-state index in [4.69, 9.17) is 5.73 Å². The van der Waals surface area contributed by atoms with E-state index in [2.05, 4.69) is 0 Å². The average Bonchev–Trinajstić information content (AvgIpc) is 2.16. The number of hydrogen-bond donors (Lipinski definition) is 1. The van der Waals surface area contributed by atoms with Crippen molar-refractivity contribution in [2.45, 2.75) is 6.92 Å². The summed E-state index contributed by atoms with van der Waals surface area (Å²) in [4.78, 5) is 23.2. The van der Waals surface area contributed by atoms with Gasteiger partial charge < -0.3 is 10.6 Å². The second kappa shape index (κ2) is 3.91. The Morgan fingerprint density at radius 3 is 2.07 bits per heavy atom. The molecule has 0 saturated carbocycles. The molecule has 1 aromatic rings. The van der Waals surface area contributed by atoms with Gasteiger partial charge in [0.25, 0.3) is 0 Å². The van der Waals surface area contributed by atoms with Crippen LogP contribution >= 0.6 is 0 Å². The van der Waals surface area contributed by atoms with Crippen LogP contribution in [-0.4, -0.2) is 18.9 Å². The number of nitrogens with zero attached hydrogens (tertiary/aromatic N) is 1. The predicted octanol–water partition coefficient (Wildman–Crippen LogP) is 0.768. The van der Waals surface area contributed by atoms with E-state index in [1.165, 1.54) is 11.8 Å². The average molecular weight is 192 g/mol. The first-order chi connectivity index (χ1) is 6.52. The van der Waals surface area contributed by atoms with Gasteiger partial charge in [-0.25, -0.2) is 0 Å². The fraction of sp³-hybridized carbons (Fsp3) is 0.200. The molecule has 0 unspecified atom stereocenters. The minimum absolute atomic E-state index is 0.0585. The molecule has 4 heteroatoms. The summed E-state index contributed by atoms with van der Waals surface area (Å²) in [5.74, 6) is -0.529. The van der Waals surface area contributed by atoms with Crippen LogP contribution in [-0.2, 0) is 4.79 Å². The van der Waals surface area contributed by atoms with Crippen molar-refractivity contribution in [3.8, 4) is 0 Å². The highest BCUT2D eigenvalue weighted by atomic mass is 16.2. The summed E-state index contributed by atoms with van der Waals surface area (Å²) >= 11 is 0. The quantitative estimate of drug-likeness (QED) is 0.752. The van der Waals surface area contributed by atoms with Gasteiger partial charge in [-0.2, -0.15) is 0 Å². The van der Waals surface area contributed by atoms with Crippen LogP contribution in [0.25, 0.3) is 0 Å². The minimum Gasteiger partial charge on any atom is -0.366 e. The van der Waals surface area contributed by atoms with Crippen LogP contribution in [0.3, 0.4) is 0 Å². The number of nitrogens with two attached hydrogens (primary N) is 1. The molecular weight excluding hydrogens is 180 g/mol. The molecule has 1 aromatic carbocycles. The van der Waals surface area contributed by atoms with Gasteiger partial charge in [0.2, 0.25) is 11.8 Å². The number of carbonyl (C=O) groups excluding carboxylic acids is 2. The molecule has 0 heterocycles. The number of benzene rings is 1. The first-order valence-electron chi connectivity index (χ1n) is 4.16. The Bertz CT molecular complexity index is 357. The second-order valence-electron chi connectivity index (χ2n) is 2.99. The van der Waals surface area contributed by atoms with Gasteiger partial charge >= 0.3 is 0 Å². The zero-order valence-electron chi connectivity index (χ0n) is 8.15. The molecule has 0 aliphatic heterocycles. The highest BCUT2D eigenvalue weighted by Gasteiger charge is 2.05. The van der Waals surface area contributed by atoms with Crippen molar-refractivity contribution >= 4 is 17.5 Å². The fourth-order valence-electron chi connectivity index (χ4n) is 1.03. The summed E-state index contributed by atoms with van der Waals surface area (Å²) in [5.41, 5.74) is 6.25. The van der Waals surface area contributed by atoms with E-state index in [1.54, 1.807) is 31.3 Å². The topological polar surface area (TPSA) is 63.4 Å². The van der Waals surface area contributed by atoms with E-state index in [1.807, 2.05) is 0 Å². The molecule has 0 bridgehead atoms. The predicted molar refractivity (Wildman–Crippen MR) is 54.0 cm³/mol. The summed E-state index contributed by atoms with van der Waals surface area (Å²) in [6.07, 6.45) is 0. The molecule has 74 valence electrons. The molecule has 0 fully saturated rings. The van der Waals surface area contributed by atoms with Crippen LogP contribution in [0.5, 0.6) is 0 Å². The number of anilines is 1. The molecule has 0 saturated heterocycles. The van der Waals surface area contributed by atoms with E-state index in [0.29, 0.717) is 5.56 Å². The van der Waals surface area contributed by atoms with E-state index < -0.39 is 5.91 Å². The van der Waals surface area contributed by atoms with E-state index >= 15 is 0 Å². The Hall–Kier alpha value is -1.84. The van der Waals surface area contributed by atoms with Gasteiger partial charge in [-0.05, 0) is 24.3 Å². The van der Waals surface area contributed by atoms with Gasteiger partial charge in [-0.15, -0.1) is 0 Å². The normalized spacial score (nSPS) is 9.57. The number of carbonyl (C=O) groups is 2. The molecule has 4 nitrogen and oxygen atoms in total. The number of hydrogen-bond acceptors (Lipinski definition) is 2. The summed E-state index contributed by atoms with van der Waals surface area (Å²) in [6.45, 7) is 1.47. The van der Waals surface area contributed by atoms with E-state index in [-0.39, 0.29) is 5.91 Å². The number of rotatable bonds is 2. The third kappa shape index (κ3) is 2.10. The third-order valence-electron chi connectivity index (χ3n) is 2.01. The molecule has 0 spiro atoms. The molecule has 1 rings (SSSR count). The zero-order chi connectivity index (χ0) is 10.7. The summed E-state index contributed by atoms with van der Waals surface area (Å²) < 4.78 is 0. The van der Waals surface area contributed by atoms with Crippen LogP contribution in [0, 0.1) is 0 Å². The van der Waals surface area contributed by atoms with E-state index in [9.17, 15) is 9.59 Å². The van der Waals surface area contributed by atoms with Crippen molar-refractivity contribution in [1.82, 2.24) is 0 Å². The Kier molecular flexibility index (Phi) is 2.86. The third-order valence-corrected chi connectivity index (χ3v) is 2.01. The lowest BCUT2D eigenvalue weighted by Gasteiger charge is -2.14. The van der Waals surface area contributed by atoms with Crippen LogP contribution in [0.15, 0.2) is 24.3 Å². The lowest BCUT2D eigenvalue weighted by atomic mass is 10.2. The Balaban J connectivity index is 2.94. The first-order valence-corrected chi connectivity index (χ1v) is 4.16. The van der Waals surface area contributed by atoms with Crippen molar-refractivity contribution in [3.05, 3.63) is 29.8 Å². The molecule has 2 N–H and O–H groups in total. The number of amides is 2. The Morgan fingerprint density at radius 2 is 1.71 bits per heavy atom.